The number of carbonyl (C=O) groups excluding carboxylic acids is 1. The first-order valence-electron chi connectivity index (χ1n) is 6.49. The molecule has 20 heavy (non-hydrogen) atoms. The first kappa shape index (κ1) is 15.8. The topological polar surface area (TPSA) is 69.6 Å². The predicted molar refractivity (Wildman–Crippen MR) is 79.6 cm³/mol. The Kier molecular flexibility index (Phi) is 5.77. The van der Waals surface area contributed by atoms with Crippen molar-refractivity contribution in [2.45, 2.75) is 26.3 Å². The molecule has 108 valence electrons. The second-order valence-electron chi connectivity index (χ2n) is 4.59. The number of hydrogen-bond acceptors (Lipinski definition) is 2. The van der Waals surface area contributed by atoms with Crippen molar-refractivity contribution in [3.05, 3.63) is 35.9 Å². The molecule has 2 N–H and O–H groups in total. The second-order valence-corrected chi connectivity index (χ2v) is 4.59. The van der Waals surface area contributed by atoms with E-state index in [0.717, 1.165) is 18.1 Å². The third-order valence-electron chi connectivity index (χ3n) is 3.15. The number of amides is 2. The van der Waals surface area contributed by atoms with Crippen LogP contribution in [0.25, 0.3) is 6.08 Å². The number of nitrogens with one attached hydrogen (secondary N) is 1. The van der Waals surface area contributed by atoms with Crippen molar-refractivity contribution in [1.29, 1.82) is 0 Å². The summed E-state index contributed by atoms with van der Waals surface area (Å²) in [5.74, 6) is -0.988. The van der Waals surface area contributed by atoms with E-state index < -0.39 is 5.97 Å². The minimum Gasteiger partial charge on any atom is -0.478 e. The molecule has 1 aromatic carbocycles. The summed E-state index contributed by atoms with van der Waals surface area (Å²) in [6, 6.07) is 6.99. The Hall–Kier alpha value is -2.30. The number of anilines is 1. The largest absolute Gasteiger partial charge is 0.478 e. The lowest BCUT2D eigenvalue weighted by atomic mass is 10.2. The van der Waals surface area contributed by atoms with E-state index in [2.05, 4.69) is 5.32 Å². The lowest BCUT2D eigenvalue weighted by Gasteiger charge is -2.24. The molecule has 1 unspecified atom stereocenters. The lowest BCUT2D eigenvalue weighted by Crippen LogP contribution is -2.37. The number of urea groups is 1. The lowest BCUT2D eigenvalue weighted by molar-refractivity contribution is -0.131. The maximum absolute atomic E-state index is 11.9. The van der Waals surface area contributed by atoms with Crippen LogP contribution in [0.5, 0.6) is 0 Å². The van der Waals surface area contributed by atoms with Crippen molar-refractivity contribution in [2.75, 3.05) is 12.4 Å². The minimum absolute atomic E-state index is 0.159. The fourth-order valence-electron chi connectivity index (χ4n) is 1.53. The van der Waals surface area contributed by atoms with Gasteiger partial charge in [0.1, 0.15) is 0 Å². The summed E-state index contributed by atoms with van der Waals surface area (Å²) in [7, 11) is 1.76. The number of carbonyl (C=O) groups is 2. The minimum atomic E-state index is -0.988. The third kappa shape index (κ3) is 4.76. The van der Waals surface area contributed by atoms with E-state index in [0.29, 0.717) is 5.69 Å². The van der Waals surface area contributed by atoms with Gasteiger partial charge in [-0.3, -0.25) is 0 Å². The monoisotopic (exact) mass is 276 g/mol. The molecule has 0 aliphatic carbocycles. The Morgan fingerprint density at radius 2 is 1.95 bits per heavy atom. The van der Waals surface area contributed by atoms with E-state index in [1.54, 1.807) is 36.2 Å². The van der Waals surface area contributed by atoms with Crippen molar-refractivity contribution >= 4 is 23.8 Å². The van der Waals surface area contributed by atoms with Gasteiger partial charge in [-0.15, -0.1) is 0 Å². The third-order valence-corrected chi connectivity index (χ3v) is 3.15. The van der Waals surface area contributed by atoms with E-state index in [9.17, 15) is 9.59 Å². The first-order valence-corrected chi connectivity index (χ1v) is 6.49. The summed E-state index contributed by atoms with van der Waals surface area (Å²) in [6.45, 7) is 4.01. The van der Waals surface area contributed by atoms with Gasteiger partial charge in [0.05, 0.1) is 0 Å². The molecule has 1 atom stereocenters. The molecule has 0 saturated carbocycles. The average Bonchev–Trinajstić information content (AvgIpc) is 2.44. The number of carboxylic acids is 1. The summed E-state index contributed by atoms with van der Waals surface area (Å²) in [5, 5.41) is 11.3. The fraction of sp³-hybridized carbons (Fsp3) is 0.333. The van der Waals surface area contributed by atoms with E-state index in [4.69, 9.17) is 5.11 Å². The maximum atomic E-state index is 11.9. The second kappa shape index (κ2) is 7.33. The molecular formula is C15H20N2O3. The van der Waals surface area contributed by atoms with Gasteiger partial charge in [0.25, 0.3) is 0 Å². The van der Waals surface area contributed by atoms with Gasteiger partial charge in [-0.2, -0.15) is 0 Å². The molecular weight excluding hydrogens is 256 g/mol. The van der Waals surface area contributed by atoms with Crippen LogP contribution in [0.15, 0.2) is 30.3 Å². The van der Waals surface area contributed by atoms with Gasteiger partial charge in [0, 0.05) is 24.9 Å². The highest BCUT2D eigenvalue weighted by molar-refractivity contribution is 5.89. The van der Waals surface area contributed by atoms with Crippen LogP contribution in [0, 0.1) is 0 Å². The molecule has 0 spiro atoms. The van der Waals surface area contributed by atoms with Crippen molar-refractivity contribution in [2.24, 2.45) is 0 Å². The van der Waals surface area contributed by atoms with Crippen LogP contribution in [0.3, 0.4) is 0 Å². The standard InChI is InChI=1S/C15H20N2O3/c1-4-11(2)17(3)15(20)16-13-8-5-12(6-9-13)7-10-14(18)19/h5-11H,4H2,1-3H3,(H,16,20)(H,18,19)/b10-7+. The molecule has 1 aromatic rings. The van der Waals surface area contributed by atoms with Gasteiger partial charge in [0.2, 0.25) is 0 Å². The zero-order valence-corrected chi connectivity index (χ0v) is 12.0. The molecule has 5 nitrogen and oxygen atoms in total. The zero-order chi connectivity index (χ0) is 15.1. The van der Waals surface area contributed by atoms with Crippen LogP contribution >= 0.6 is 0 Å². The highest BCUT2D eigenvalue weighted by Gasteiger charge is 2.13. The van der Waals surface area contributed by atoms with Crippen molar-refractivity contribution < 1.29 is 14.7 Å². The molecule has 0 radical (unpaired) electrons. The SMILES string of the molecule is CCC(C)N(C)C(=O)Nc1ccc(/C=C/C(=O)O)cc1. The Morgan fingerprint density at radius 3 is 2.45 bits per heavy atom. The Balaban J connectivity index is 2.66. The molecule has 1 rings (SSSR count). The van der Waals surface area contributed by atoms with Crippen LogP contribution in [-0.4, -0.2) is 35.1 Å². The summed E-state index contributed by atoms with van der Waals surface area (Å²) in [6.07, 6.45) is 3.46. The van der Waals surface area contributed by atoms with E-state index in [1.807, 2.05) is 13.8 Å². The highest BCUT2D eigenvalue weighted by atomic mass is 16.4. The molecule has 0 aromatic heterocycles. The average molecular weight is 276 g/mol. The fourth-order valence-corrected chi connectivity index (χ4v) is 1.53. The number of rotatable bonds is 5. The van der Waals surface area contributed by atoms with Gasteiger partial charge in [-0.1, -0.05) is 19.1 Å². The number of nitrogens with zero attached hydrogens (tertiary/aromatic N) is 1. The van der Waals surface area contributed by atoms with Crippen molar-refractivity contribution in [3.63, 3.8) is 0 Å². The molecule has 0 fully saturated rings. The van der Waals surface area contributed by atoms with Crippen LogP contribution < -0.4 is 5.32 Å². The van der Waals surface area contributed by atoms with Crippen LogP contribution in [-0.2, 0) is 4.79 Å². The molecule has 0 aliphatic heterocycles. The van der Waals surface area contributed by atoms with Crippen molar-refractivity contribution in [3.8, 4) is 0 Å². The number of hydrogen-bond donors (Lipinski definition) is 2. The maximum Gasteiger partial charge on any atom is 0.328 e. The van der Waals surface area contributed by atoms with E-state index in [1.165, 1.54) is 6.08 Å². The summed E-state index contributed by atoms with van der Waals surface area (Å²) in [5.41, 5.74) is 1.44. The normalized spacial score (nSPS) is 12.2. The summed E-state index contributed by atoms with van der Waals surface area (Å²) in [4.78, 5) is 24.0. The Labute approximate surface area is 118 Å². The quantitative estimate of drug-likeness (QED) is 0.812. The molecule has 2 amide bonds. The Morgan fingerprint density at radius 1 is 1.35 bits per heavy atom. The molecule has 0 bridgehead atoms. The van der Waals surface area contributed by atoms with Crippen molar-refractivity contribution in [1.82, 2.24) is 4.90 Å². The van der Waals surface area contributed by atoms with Crippen LogP contribution in [0.4, 0.5) is 10.5 Å². The number of benzene rings is 1. The first-order chi connectivity index (χ1) is 9.43. The number of carboxylic acid groups (broad SMARTS) is 1. The predicted octanol–water partition coefficient (Wildman–Crippen LogP) is 3.05. The van der Waals surface area contributed by atoms with Gasteiger partial charge in [-0.05, 0) is 37.1 Å². The van der Waals surface area contributed by atoms with E-state index in [-0.39, 0.29) is 12.1 Å². The van der Waals surface area contributed by atoms with Crippen LogP contribution in [0.2, 0.25) is 0 Å². The molecule has 0 aliphatic rings. The smallest absolute Gasteiger partial charge is 0.328 e. The zero-order valence-electron chi connectivity index (χ0n) is 12.0. The van der Waals surface area contributed by atoms with Gasteiger partial charge in [-0.25, -0.2) is 9.59 Å². The van der Waals surface area contributed by atoms with Crippen LogP contribution in [0.1, 0.15) is 25.8 Å². The van der Waals surface area contributed by atoms with Gasteiger partial charge >= 0.3 is 12.0 Å². The highest BCUT2D eigenvalue weighted by Crippen LogP contribution is 2.12. The summed E-state index contributed by atoms with van der Waals surface area (Å²) >= 11 is 0. The molecule has 5 heteroatoms. The van der Waals surface area contributed by atoms with Gasteiger partial charge < -0.3 is 15.3 Å². The molecule has 0 saturated heterocycles. The van der Waals surface area contributed by atoms with Gasteiger partial charge in [0.15, 0.2) is 0 Å². The summed E-state index contributed by atoms with van der Waals surface area (Å²) < 4.78 is 0. The molecule has 0 heterocycles. The Bertz CT molecular complexity index is 494. The number of aliphatic carboxylic acids is 1. The van der Waals surface area contributed by atoms with E-state index >= 15 is 0 Å².